The van der Waals surface area contributed by atoms with Crippen molar-refractivity contribution in [3.63, 3.8) is 0 Å². The van der Waals surface area contributed by atoms with Crippen LogP contribution in [0, 0.1) is 0 Å². The summed E-state index contributed by atoms with van der Waals surface area (Å²) in [6.45, 7) is 0. The molecule has 0 spiro atoms. The minimum absolute atomic E-state index is 0.0488. The average Bonchev–Trinajstić information content (AvgIpc) is 1.96. The van der Waals surface area contributed by atoms with Gasteiger partial charge in [-0.15, -0.1) is 0 Å². The minimum atomic E-state index is -0.470. The summed E-state index contributed by atoms with van der Waals surface area (Å²) in [7, 11) is 0. The summed E-state index contributed by atoms with van der Waals surface area (Å²) in [6.07, 6.45) is 0.0488. The van der Waals surface area contributed by atoms with Crippen molar-refractivity contribution in [2.24, 2.45) is 5.73 Å². The molecule has 0 heterocycles. The molecule has 64 valence electrons. The van der Waals surface area contributed by atoms with E-state index in [1.807, 2.05) is 0 Å². The van der Waals surface area contributed by atoms with Crippen LogP contribution in [0.1, 0.15) is 5.56 Å². The van der Waals surface area contributed by atoms with E-state index in [1.54, 1.807) is 0 Å². The largest absolute Gasteiger partial charge is 0.508 e. The number of phenols is 1. The number of halogens is 1. The van der Waals surface area contributed by atoms with Crippen molar-refractivity contribution in [1.29, 1.82) is 0 Å². The van der Waals surface area contributed by atoms with Gasteiger partial charge in [0, 0.05) is 5.02 Å². The van der Waals surface area contributed by atoms with E-state index in [4.69, 9.17) is 22.4 Å². The topological polar surface area (TPSA) is 63.3 Å². The van der Waals surface area contributed by atoms with Gasteiger partial charge in [-0.3, -0.25) is 4.79 Å². The van der Waals surface area contributed by atoms with E-state index in [-0.39, 0.29) is 12.2 Å². The molecule has 1 aromatic carbocycles. The number of nitrogens with two attached hydrogens (primary N) is 1. The summed E-state index contributed by atoms with van der Waals surface area (Å²) < 4.78 is 0. The summed E-state index contributed by atoms with van der Waals surface area (Å²) in [5.41, 5.74) is 5.51. The van der Waals surface area contributed by atoms with Crippen molar-refractivity contribution < 1.29 is 9.90 Å². The lowest BCUT2D eigenvalue weighted by Crippen LogP contribution is -2.13. The molecule has 1 amide bonds. The molecular weight excluding hydrogens is 178 g/mol. The maximum atomic E-state index is 10.5. The Balaban J connectivity index is 2.97. The highest BCUT2D eigenvalue weighted by Gasteiger charge is 2.04. The van der Waals surface area contributed by atoms with Crippen LogP contribution in [-0.2, 0) is 11.2 Å². The van der Waals surface area contributed by atoms with Gasteiger partial charge in [-0.1, -0.05) is 11.6 Å². The highest BCUT2D eigenvalue weighted by molar-refractivity contribution is 6.31. The lowest BCUT2D eigenvalue weighted by Gasteiger charge is -2.01. The zero-order valence-electron chi connectivity index (χ0n) is 6.25. The Labute approximate surface area is 74.8 Å². The van der Waals surface area contributed by atoms with Gasteiger partial charge in [0.25, 0.3) is 0 Å². The Hall–Kier alpha value is -1.22. The molecule has 0 saturated carbocycles. The number of carbonyl (C=O) groups is 1. The fourth-order valence-corrected chi connectivity index (χ4v) is 1.07. The highest BCUT2D eigenvalue weighted by Crippen LogP contribution is 2.21. The molecule has 0 radical (unpaired) electrons. The van der Waals surface area contributed by atoms with E-state index >= 15 is 0 Å². The van der Waals surface area contributed by atoms with Gasteiger partial charge in [-0.05, 0) is 23.8 Å². The number of rotatable bonds is 2. The van der Waals surface area contributed by atoms with Crippen LogP contribution in [-0.4, -0.2) is 11.0 Å². The Morgan fingerprint density at radius 3 is 2.83 bits per heavy atom. The number of carbonyl (C=O) groups excluding carboxylic acids is 1. The summed E-state index contributed by atoms with van der Waals surface area (Å²) in [4.78, 5) is 10.5. The van der Waals surface area contributed by atoms with Crippen molar-refractivity contribution >= 4 is 17.5 Å². The molecule has 0 aliphatic heterocycles. The molecule has 0 aliphatic carbocycles. The fourth-order valence-electron chi connectivity index (χ4n) is 0.884. The second-order valence-electron chi connectivity index (χ2n) is 2.42. The first-order valence-electron chi connectivity index (χ1n) is 3.35. The number of hydrogen-bond donors (Lipinski definition) is 2. The Morgan fingerprint density at radius 1 is 1.58 bits per heavy atom. The van der Waals surface area contributed by atoms with Gasteiger partial charge in [-0.25, -0.2) is 0 Å². The smallest absolute Gasteiger partial charge is 0.221 e. The highest BCUT2D eigenvalue weighted by atomic mass is 35.5. The third-order valence-corrected chi connectivity index (χ3v) is 1.76. The molecule has 0 aliphatic rings. The van der Waals surface area contributed by atoms with Crippen LogP contribution in [0.2, 0.25) is 5.02 Å². The van der Waals surface area contributed by atoms with Crippen LogP contribution >= 0.6 is 11.6 Å². The Kier molecular flexibility index (Phi) is 2.55. The molecule has 0 saturated heterocycles. The monoisotopic (exact) mass is 185 g/mol. The van der Waals surface area contributed by atoms with Crippen LogP contribution in [0.5, 0.6) is 5.75 Å². The van der Waals surface area contributed by atoms with Crippen molar-refractivity contribution in [3.05, 3.63) is 28.8 Å². The number of aromatic hydroxyl groups is 1. The van der Waals surface area contributed by atoms with Gasteiger partial charge in [0.1, 0.15) is 5.75 Å². The zero-order chi connectivity index (χ0) is 9.14. The van der Waals surface area contributed by atoms with Crippen LogP contribution in [0.25, 0.3) is 0 Å². The third kappa shape index (κ3) is 2.13. The Morgan fingerprint density at radius 2 is 2.25 bits per heavy atom. The fraction of sp³-hybridized carbons (Fsp3) is 0.125. The van der Waals surface area contributed by atoms with Crippen molar-refractivity contribution in [2.75, 3.05) is 0 Å². The normalized spacial score (nSPS) is 9.75. The van der Waals surface area contributed by atoms with Crippen molar-refractivity contribution in [2.45, 2.75) is 6.42 Å². The molecule has 0 unspecified atom stereocenters. The number of phenolic OH excluding ortho intramolecular Hbond substituents is 1. The molecular formula is C8H8ClNO2. The maximum absolute atomic E-state index is 10.5. The number of amides is 1. The minimum Gasteiger partial charge on any atom is -0.508 e. The zero-order valence-corrected chi connectivity index (χ0v) is 7.01. The van der Waals surface area contributed by atoms with E-state index in [1.165, 1.54) is 18.2 Å². The van der Waals surface area contributed by atoms with E-state index in [2.05, 4.69) is 0 Å². The van der Waals surface area contributed by atoms with Crippen molar-refractivity contribution in [1.82, 2.24) is 0 Å². The van der Waals surface area contributed by atoms with Gasteiger partial charge in [-0.2, -0.15) is 0 Å². The van der Waals surface area contributed by atoms with E-state index in [9.17, 15) is 4.79 Å². The number of primary amides is 1. The summed E-state index contributed by atoms with van der Waals surface area (Å²) in [5, 5.41) is 9.48. The molecule has 0 fully saturated rings. The van der Waals surface area contributed by atoms with Crippen LogP contribution in [0.15, 0.2) is 18.2 Å². The standard InChI is InChI=1S/C8H8ClNO2/c9-7-2-1-6(11)3-5(7)4-8(10)12/h1-3,11H,4H2,(H2,10,12). The van der Waals surface area contributed by atoms with E-state index < -0.39 is 5.91 Å². The second-order valence-corrected chi connectivity index (χ2v) is 2.83. The summed E-state index contributed by atoms with van der Waals surface area (Å²) in [6, 6.07) is 4.40. The van der Waals surface area contributed by atoms with Gasteiger partial charge in [0.15, 0.2) is 0 Å². The molecule has 0 atom stereocenters. The molecule has 0 aromatic heterocycles. The summed E-state index contributed by atoms with van der Waals surface area (Å²) in [5.74, 6) is -0.391. The van der Waals surface area contributed by atoms with Crippen LogP contribution in [0.4, 0.5) is 0 Å². The number of benzene rings is 1. The molecule has 3 N–H and O–H groups in total. The molecule has 1 rings (SSSR count). The van der Waals surface area contributed by atoms with E-state index in [0.29, 0.717) is 10.6 Å². The SMILES string of the molecule is NC(=O)Cc1cc(O)ccc1Cl. The average molecular weight is 186 g/mol. The molecule has 4 heteroatoms. The maximum Gasteiger partial charge on any atom is 0.221 e. The van der Waals surface area contributed by atoms with E-state index in [0.717, 1.165) is 0 Å². The lowest BCUT2D eigenvalue weighted by molar-refractivity contribution is -0.117. The quantitative estimate of drug-likeness (QED) is 0.724. The van der Waals surface area contributed by atoms with Crippen molar-refractivity contribution in [3.8, 4) is 5.75 Å². The predicted molar refractivity (Wildman–Crippen MR) is 46.0 cm³/mol. The van der Waals surface area contributed by atoms with Gasteiger partial charge < -0.3 is 10.8 Å². The molecule has 1 aromatic rings. The number of hydrogen-bond acceptors (Lipinski definition) is 2. The predicted octanol–water partition coefficient (Wildman–Crippen LogP) is 1.07. The first-order valence-corrected chi connectivity index (χ1v) is 3.73. The Bertz CT molecular complexity index is 312. The van der Waals surface area contributed by atoms with Gasteiger partial charge >= 0.3 is 0 Å². The second kappa shape index (κ2) is 3.45. The van der Waals surface area contributed by atoms with Gasteiger partial charge in [0.05, 0.1) is 6.42 Å². The first-order chi connectivity index (χ1) is 5.59. The van der Waals surface area contributed by atoms with Gasteiger partial charge in [0.2, 0.25) is 5.91 Å². The summed E-state index contributed by atoms with van der Waals surface area (Å²) >= 11 is 5.72. The molecule has 0 bridgehead atoms. The lowest BCUT2D eigenvalue weighted by atomic mass is 10.1. The third-order valence-electron chi connectivity index (χ3n) is 1.39. The molecule has 3 nitrogen and oxygen atoms in total. The van der Waals surface area contributed by atoms with Crippen LogP contribution in [0.3, 0.4) is 0 Å². The first kappa shape index (κ1) is 8.87. The molecule has 12 heavy (non-hydrogen) atoms. The van der Waals surface area contributed by atoms with Crippen LogP contribution < -0.4 is 5.73 Å².